The molecule has 1 aromatic heterocycles. The van der Waals surface area contributed by atoms with Crippen LogP contribution in [0, 0.1) is 5.82 Å². The molecule has 0 bridgehead atoms. The molecule has 0 aliphatic heterocycles. The summed E-state index contributed by atoms with van der Waals surface area (Å²) in [6.07, 6.45) is 0. The third-order valence-electron chi connectivity index (χ3n) is 3.54. The van der Waals surface area contributed by atoms with Crippen LogP contribution in [0.3, 0.4) is 0 Å². The van der Waals surface area contributed by atoms with Crippen molar-refractivity contribution >= 4 is 17.5 Å². The summed E-state index contributed by atoms with van der Waals surface area (Å²) in [5.74, 6) is 0.502. The Hall–Kier alpha value is -2.87. The normalized spacial score (nSPS) is 10.6. The summed E-state index contributed by atoms with van der Waals surface area (Å²) >= 11 is 1.05. The van der Waals surface area contributed by atoms with Crippen LogP contribution in [-0.4, -0.2) is 36.0 Å². The topological polar surface area (TPSA) is 74.5 Å². The Morgan fingerprint density at radius 1 is 1.12 bits per heavy atom. The van der Waals surface area contributed by atoms with Crippen LogP contribution in [0.15, 0.2) is 52.1 Å². The van der Waals surface area contributed by atoms with Crippen LogP contribution in [0.2, 0.25) is 0 Å². The molecule has 0 radical (unpaired) electrons. The van der Waals surface area contributed by atoms with Gasteiger partial charge in [0.2, 0.25) is 5.89 Å². The summed E-state index contributed by atoms with van der Waals surface area (Å²) in [6.45, 7) is 0. The van der Waals surface area contributed by atoms with E-state index < -0.39 is 5.82 Å². The highest BCUT2D eigenvalue weighted by atomic mass is 32.2. The molecule has 134 valence electrons. The second-order valence-corrected chi connectivity index (χ2v) is 6.06. The number of Topliss-reactive ketones (excluding diaryl/α,β-unsaturated/α-hetero) is 1. The number of ether oxygens (including phenoxy) is 2. The van der Waals surface area contributed by atoms with Crippen molar-refractivity contribution in [1.82, 2.24) is 10.2 Å². The van der Waals surface area contributed by atoms with Gasteiger partial charge in [-0.1, -0.05) is 23.9 Å². The van der Waals surface area contributed by atoms with E-state index in [1.54, 1.807) is 31.4 Å². The van der Waals surface area contributed by atoms with E-state index in [-0.39, 0.29) is 28.2 Å². The molecular weight excluding hydrogens is 359 g/mol. The van der Waals surface area contributed by atoms with E-state index in [0.717, 1.165) is 11.8 Å². The van der Waals surface area contributed by atoms with Gasteiger partial charge in [0.15, 0.2) is 17.3 Å². The lowest BCUT2D eigenvalue weighted by molar-refractivity contribution is 0.101. The zero-order valence-corrected chi connectivity index (χ0v) is 14.9. The third-order valence-corrected chi connectivity index (χ3v) is 4.36. The summed E-state index contributed by atoms with van der Waals surface area (Å²) < 4.78 is 29.6. The van der Waals surface area contributed by atoms with Crippen molar-refractivity contribution in [3.8, 4) is 23.0 Å². The largest absolute Gasteiger partial charge is 0.493 e. The van der Waals surface area contributed by atoms with E-state index in [9.17, 15) is 9.18 Å². The van der Waals surface area contributed by atoms with Crippen LogP contribution in [0.1, 0.15) is 10.4 Å². The monoisotopic (exact) mass is 374 g/mol. The highest BCUT2D eigenvalue weighted by Crippen LogP contribution is 2.32. The summed E-state index contributed by atoms with van der Waals surface area (Å²) in [5.41, 5.74) is 0.696. The Morgan fingerprint density at radius 2 is 1.88 bits per heavy atom. The molecule has 0 fully saturated rings. The number of hydrogen-bond acceptors (Lipinski definition) is 7. The summed E-state index contributed by atoms with van der Waals surface area (Å²) in [7, 11) is 3.08. The molecule has 0 saturated carbocycles. The zero-order chi connectivity index (χ0) is 18.5. The lowest BCUT2D eigenvalue weighted by Gasteiger charge is -2.07. The Morgan fingerprint density at radius 3 is 2.62 bits per heavy atom. The van der Waals surface area contributed by atoms with Gasteiger partial charge in [-0.05, 0) is 30.3 Å². The van der Waals surface area contributed by atoms with Crippen molar-refractivity contribution in [3.63, 3.8) is 0 Å². The maximum absolute atomic E-state index is 13.6. The first-order valence-electron chi connectivity index (χ1n) is 7.59. The minimum absolute atomic E-state index is 0.00546. The molecule has 0 aliphatic rings. The van der Waals surface area contributed by atoms with Crippen molar-refractivity contribution in [2.45, 2.75) is 5.22 Å². The van der Waals surface area contributed by atoms with E-state index in [4.69, 9.17) is 13.9 Å². The van der Waals surface area contributed by atoms with Gasteiger partial charge in [0.25, 0.3) is 5.22 Å². The van der Waals surface area contributed by atoms with Crippen LogP contribution in [0.5, 0.6) is 11.5 Å². The molecule has 0 spiro atoms. The molecule has 26 heavy (non-hydrogen) atoms. The third kappa shape index (κ3) is 3.85. The first-order chi connectivity index (χ1) is 12.6. The average Bonchev–Trinajstić information content (AvgIpc) is 3.15. The standard InChI is InChI=1S/C18H15FN2O4S/c1-23-15-8-7-11(9-16(15)24-2)17-20-21-18(25-17)26-10-14(22)12-5-3-4-6-13(12)19/h3-9H,10H2,1-2H3. The second-order valence-electron chi connectivity index (χ2n) is 5.13. The number of thioether (sulfide) groups is 1. The lowest BCUT2D eigenvalue weighted by Crippen LogP contribution is -2.04. The molecule has 3 rings (SSSR count). The zero-order valence-electron chi connectivity index (χ0n) is 14.1. The minimum atomic E-state index is -0.547. The number of carbonyl (C=O) groups is 1. The molecule has 8 heteroatoms. The van der Waals surface area contributed by atoms with Crippen LogP contribution in [-0.2, 0) is 0 Å². The highest BCUT2D eigenvalue weighted by Gasteiger charge is 2.16. The van der Waals surface area contributed by atoms with E-state index in [0.29, 0.717) is 17.1 Å². The smallest absolute Gasteiger partial charge is 0.277 e. The number of ketones is 1. The fourth-order valence-corrected chi connectivity index (χ4v) is 2.89. The summed E-state index contributed by atoms with van der Waals surface area (Å²) in [5, 5.41) is 8.10. The van der Waals surface area contributed by atoms with Gasteiger partial charge in [-0.25, -0.2) is 4.39 Å². The van der Waals surface area contributed by atoms with E-state index >= 15 is 0 Å². The summed E-state index contributed by atoms with van der Waals surface area (Å²) in [4.78, 5) is 12.1. The van der Waals surface area contributed by atoms with Gasteiger partial charge >= 0.3 is 0 Å². The Bertz CT molecular complexity index is 929. The van der Waals surface area contributed by atoms with Crippen molar-refractivity contribution in [2.75, 3.05) is 20.0 Å². The number of hydrogen-bond donors (Lipinski definition) is 0. The van der Waals surface area contributed by atoms with Gasteiger partial charge < -0.3 is 13.9 Å². The van der Waals surface area contributed by atoms with Crippen molar-refractivity contribution in [3.05, 3.63) is 53.8 Å². The lowest BCUT2D eigenvalue weighted by atomic mass is 10.1. The molecule has 1 heterocycles. The molecule has 0 atom stereocenters. The van der Waals surface area contributed by atoms with Crippen molar-refractivity contribution in [1.29, 1.82) is 0 Å². The molecule has 0 N–H and O–H groups in total. The van der Waals surface area contributed by atoms with E-state index in [2.05, 4.69) is 10.2 Å². The first kappa shape index (κ1) is 17.9. The van der Waals surface area contributed by atoms with Gasteiger partial charge in [0.1, 0.15) is 5.82 Å². The van der Waals surface area contributed by atoms with Gasteiger partial charge in [0, 0.05) is 5.56 Å². The molecule has 2 aromatic carbocycles. The molecular formula is C18H15FN2O4S. The number of methoxy groups -OCH3 is 2. The van der Waals surface area contributed by atoms with Gasteiger partial charge in [-0.3, -0.25) is 4.79 Å². The number of benzene rings is 2. The fourth-order valence-electron chi connectivity index (χ4n) is 2.25. The highest BCUT2D eigenvalue weighted by molar-refractivity contribution is 7.99. The van der Waals surface area contributed by atoms with Gasteiger partial charge in [-0.15, -0.1) is 10.2 Å². The summed E-state index contributed by atoms with van der Waals surface area (Å²) in [6, 6.07) is 11.0. The van der Waals surface area contributed by atoms with E-state index in [1.807, 2.05) is 0 Å². The Balaban J connectivity index is 1.70. The molecule has 0 amide bonds. The molecule has 0 saturated heterocycles. The Kier molecular flexibility index (Phi) is 5.52. The van der Waals surface area contributed by atoms with Crippen LogP contribution in [0.4, 0.5) is 4.39 Å². The fraction of sp³-hybridized carbons (Fsp3) is 0.167. The quantitative estimate of drug-likeness (QED) is 0.459. The van der Waals surface area contributed by atoms with E-state index in [1.165, 1.54) is 25.3 Å². The molecule has 0 unspecified atom stereocenters. The number of halogens is 1. The number of nitrogens with zero attached hydrogens (tertiary/aromatic N) is 2. The first-order valence-corrected chi connectivity index (χ1v) is 8.57. The maximum atomic E-state index is 13.6. The van der Waals surface area contributed by atoms with Crippen LogP contribution in [0.25, 0.3) is 11.5 Å². The van der Waals surface area contributed by atoms with Crippen LogP contribution >= 0.6 is 11.8 Å². The number of rotatable bonds is 7. The number of carbonyl (C=O) groups excluding carboxylic acids is 1. The van der Waals surface area contributed by atoms with Gasteiger partial charge in [-0.2, -0.15) is 0 Å². The number of aromatic nitrogens is 2. The van der Waals surface area contributed by atoms with Crippen molar-refractivity contribution < 1.29 is 23.1 Å². The molecule has 3 aromatic rings. The molecule has 6 nitrogen and oxygen atoms in total. The Labute approximate surface area is 153 Å². The predicted molar refractivity (Wildman–Crippen MR) is 94.3 cm³/mol. The minimum Gasteiger partial charge on any atom is -0.493 e. The SMILES string of the molecule is COc1ccc(-c2nnc(SCC(=O)c3ccccc3F)o2)cc1OC. The van der Waals surface area contributed by atoms with Gasteiger partial charge in [0.05, 0.1) is 25.5 Å². The van der Waals surface area contributed by atoms with Crippen molar-refractivity contribution in [2.24, 2.45) is 0 Å². The average molecular weight is 374 g/mol. The predicted octanol–water partition coefficient (Wildman–Crippen LogP) is 3.87. The maximum Gasteiger partial charge on any atom is 0.277 e. The molecule has 0 aliphatic carbocycles. The van der Waals surface area contributed by atoms with Crippen LogP contribution < -0.4 is 9.47 Å². The second kappa shape index (κ2) is 8.01.